The number of halogens is 2. The number of nitrogens with one attached hydrogen (secondary N) is 1. The van der Waals surface area contributed by atoms with Crippen LogP contribution in [0.4, 0.5) is 0 Å². The Hall–Kier alpha value is -2.61. The lowest BCUT2D eigenvalue weighted by Gasteiger charge is -2.44. The molecule has 2 atom stereocenters. The van der Waals surface area contributed by atoms with Crippen LogP contribution in [-0.4, -0.2) is 65.0 Å². The zero-order valence-corrected chi connectivity index (χ0v) is 22.2. The SMILES string of the molecule is CC[C@H](C)NC(=O)[C@@H]1COC2(CCN(C(=O)c3ccc(Cl)c(Cl)c3)CC2)N1C(=O)c1cccc(C)c1. The van der Waals surface area contributed by atoms with E-state index in [9.17, 15) is 14.4 Å². The number of ether oxygens (including phenoxy) is 1. The van der Waals surface area contributed by atoms with Crippen molar-refractivity contribution >= 4 is 40.9 Å². The summed E-state index contributed by atoms with van der Waals surface area (Å²) in [5.41, 5.74) is 0.951. The molecule has 2 aromatic carbocycles. The smallest absolute Gasteiger partial charge is 0.256 e. The normalized spacial score (nSPS) is 19.9. The second-order valence-electron chi connectivity index (χ2n) is 9.56. The van der Waals surface area contributed by atoms with E-state index in [0.717, 1.165) is 12.0 Å². The van der Waals surface area contributed by atoms with Gasteiger partial charge >= 0.3 is 0 Å². The molecule has 192 valence electrons. The highest BCUT2D eigenvalue weighted by atomic mass is 35.5. The number of likely N-dealkylation sites (tertiary alicyclic amines) is 1. The molecule has 0 bridgehead atoms. The van der Waals surface area contributed by atoms with E-state index in [1.165, 1.54) is 0 Å². The summed E-state index contributed by atoms with van der Waals surface area (Å²) in [6, 6.07) is 11.4. The van der Waals surface area contributed by atoms with Crippen LogP contribution in [0.15, 0.2) is 42.5 Å². The second-order valence-corrected chi connectivity index (χ2v) is 10.4. The summed E-state index contributed by atoms with van der Waals surface area (Å²) >= 11 is 12.1. The Balaban J connectivity index is 1.58. The van der Waals surface area contributed by atoms with Crippen LogP contribution >= 0.6 is 23.2 Å². The van der Waals surface area contributed by atoms with E-state index >= 15 is 0 Å². The highest BCUT2D eigenvalue weighted by Gasteiger charge is 2.54. The minimum Gasteiger partial charge on any atom is -0.353 e. The van der Waals surface area contributed by atoms with E-state index in [0.29, 0.717) is 47.1 Å². The predicted molar refractivity (Wildman–Crippen MR) is 139 cm³/mol. The number of nitrogens with zero attached hydrogens (tertiary/aromatic N) is 2. The summed E-state index contributed by atoms with van der Waals surface area (Å²) in [5.74, 6) is -0.634. The third kappa shape index (κ3) is 5.24. The number of amides is 3. The van der Waals surface area contributed by atoms with Crippen molar-refractivity contribution in [1.82, 2.24) is 15.1 Å². The Kier molecular flexibility index (Phi) is 7.93. The molecule has 9 heteroatoms. The zero-order chi connectivity index (χ0) is 26.0. The molecule has 2 aromatic rings. The molecule has 2 aliphatic rings. The van der Waals surface area contributed by atoms with E-state index in [4.69, 9.17) is 27.9 Å². The fourth-order valence-corrected chi connectivity index (χ4v) is 5.09. The number of carbonyl (C=O) groups is 3. The molecule has 4 rings (SSSR count). The first-order chi connectivity index (χ1) is 17.1. The lowest BCUT2D eigenvalue weighted by atomic mass is 9.95. The van der Waals surface area contributed by atoms with Crippen LogP contribution in [0.25, 0.3) is 0 Å². The Morgan fingerprint density at radius 3 is 2.39 bits per heavy atom. The summed E-state index contributed by atoms with van der Waals surface area (Å²) in [6.45, 7) is 6.71. The molecule has 1 spiro atoms. The molecule has 2 fully saturated rings. The first-order valence-electron chi connectivity index (χ1n) is 12.2. The van der Waals surface area contributed by atoms with Crippen LogP contribution < -0.4 is 5.32 Å². The van der Waals surface area contributed by atoms with Gasteiger partial charge in [-0.3, -0.25) is 19.3 Å². The summed E-state index contributed by atoms with van der Waals surface area (Å²) in [7, 11) is 0. The molecule has 0 saturated carbocycles. The highest BCUT2D eigenvalue weighted by Crippen LogP contribution is 2.39. The molecular weight excluding hydrogens is 501 g/mol. The van der Waals surface area contributed by atoms with Crippen molar-refractivity contribution in [2.45, 2.75) is 57.8 Å². The first kappa shape index (κ1) is 26.5. The molecule has 0 radical (unpaired) electrons. The third-order valence-corrected chi connectivity index (χ3v) is 7.79. The van der Waals surface area contributed by atoms with Crippen molar-refractivity contribution in [2.75, 3.05) is 19.7 Å². The van der Waals surface area contributed by atoms with Gasteiger partial charge in [-0.15, -0.1) is 0 Å². The Labute approximate surface area is 221 Å². The van der Waals surface area contributed by atoms with Crippen LogP contribution in [0.3, 0.4) is 0 Å². The van der Waals surface area contributed by atoms with Gasteiger partial charge in [-0.05, 0) is 50.6 Å². The second kappa shape index (κ2) is 10.8. The van der Waals surface area contributed by atoms with Gasteiger partial charge in [0.2, 0.25) is 5.91 Å². The molecule has 2 aliphatic heterocycles. The molecule has 2 saturated heterocycles. The van der Waals surface area contributed by atoms with E-state index in [1.807, 2.05) is 39.0 Å². The molecule has 1 N–H and O–H groups in total. The van der Waals surface area contributed by atoms with Crippen LogP contribution in [0, 0.1) is 6.92 Å². The fourth-order valence-electron chi connectivity index (χ4n) is 4.80. The molecule has 0 aliphatic carbocycles. The maximum atomic E-state index is 13.8. The average Bonchev–Trinajstić information content (AvgIpc) is 3.23. The van der Waals surface area contributed by atoms with Gasteiger partial charge in [0.25, 0.3) is 11.8 Å². The molecular formula is C27H31Cl2N3O4. The number of benzene rings is 2. The van der Waals surface area contributed by atoms with Crippen molar-refractivity contribution in [3.63, 3.8) is 0 Å². The number of hydrogen-bond donors (Lipinski definition) is 1. The van der Waals surface area contributed by atoms with Crippen LogP contribution in [0.5, 0.6) is 0 Å². The van der Waals surface area contributed by atoms with E-state index in [2.05, 4.69) is 5.32 Å². The van der Waals surface area contributed by atoms with E-state index < -0.39 is 11.8 Å². The third-order valence-electron chi connectivity index (χ3n) is 7.05. The van der Waals surface area contributed by atoms with Crippen LogP contribution in [-0.2, 0) is 9.53 Å². The topological polar surface area (TPSA) is 79.0 Å². The van der Waals surface area contributed by atoms with Crippen molar-refractivity contribution < 1.29 is 19.1 Å². The lowest BCUT2D eigenvalue weighted by molar-refractivity contribution is -0.128. The van der Waals surface area contributed by atoms with Gasteiger partial charge in [-0.25, -0.2) is 0 Å². The van der Waals surface area contributed by atoms with Crippen molar-refractivity contribution in [1.29, 1.82) is 0 Å². The monoisotopic (exact) mass is 531 g/mol. The number of carbonyl (C=O) groups excluding carboxylic acids is 3. The minimum absolute atomic E-state index is 0.0179. The van der Waals surface area contributed by atoms with Crippen molar-refractivity contribution in [3.05, 3.63) is 69.2 Å². The van der Waals surface area contributed by atoms with Gasteiger partial charge in [0.1, 0.15) is 11.8 Å². The number of aryl methyl sites for hydroxylation is 1. The lowest BCUT2D eigenvalue weighted by Crippen LogP contribution is -2.60. The van der Waals surface area contributed by atoms with Gasteiger partial charge in [0.15, 0.2) is 0 Å². The Morgan fingerprint density at radius 1 is 1.06 bits per heavy atom. The first-order valence-corrected chi connectivity index (χ1v) is 13.0. The van der Waals surface area contributed by atoms with Gasteiger partial charge < -0.3 is 15.0 Å². The largest absolute Gasteiger partial charge is 0.353 e. The summed E-state index contributed by atoms with van der Waals surface area (Å²) in [5, 5.41) is 3.70. The van der Waals surface area contributed by atoms with Gasteiger partial charge in [0, 0.05) is 43.1 Å². The maximum absolute atomic E-state index is 13.8. The summed E-state index contributed by atoms with van der Waals surface area (Å²) < 4.78 is 6.25. The molecule has 36 heavy (non-hydrogen) atoms. The zero-order valence-electron chi connectivity index (χ0n) is 20.7. The molecule has 0 unspecified atom stereocenters. The maximum Gasteiger partial charge on any atom is 0.256 e. The standard InChI is InChI=1S/C27H31Cl2N3O4/c1-4-18(3)30-24(33)23-16-36-27(32(23)26(35)19-7-5-6-17(2)14-19)10-12-31(13-11-27)25(34)20-8-9-21(28)22(29)15-20/h5-9,14-15,18,23H,4,10-13,16H2,1-3H3,(H,30,33)/t18-,23-/m0/s1. The highest BCUT2D eigenvalue weighted by molar-refractivity contribution is 6.42. The fraction of sp³-hybridized carbons (Fsp3) is 0.444. The number of hydrogen-bond acceptors (Lipinski definition) is 4. The summed E-state index contributed by atoms with van der Waals surface area (Å²) in [6.07, 6.45) is 1.57. The molecule has 3 amide bonds. The Bertz CT molecular complexity index is 1160. The Morgan fingerprint density at radius 2 is 1.75 bits per heavy atom. The predicted octanol–water partition coefficient (Wildman–Crippen LogP) is 4.69. The van der Waals surface area contributed by atoms with Gasteiger partial charge in [-0.2, -0.15) is 0 Å². The van der Waals surface area contributed by atoms with Gasteiger partial charge in [-0.1, -0.05) is 47.8 Å². The average molecular weight is 532 g/mol. The van der Waals surface area contributed by atoms with E-state index in [-0.39, 0.29) is 30.4 Å². The van der Waals surface area contributed by atoms with Crippen molar-refractivity contribution in [2.24, 2.45) is 0 Å². The minimum atomic E-state index is -0.966. The number of rotatable bonds is 5. The number of piperidine rings is 1. The van der Waals surface area contributed by atoms with Crippen molar-refractivity contribution in [3.8, 4) is 0 Å². The van der Waals surface area contributed by atoms with E-state index in [1.54, 1.807) is 34.1 Å². The molecule has 2 heterocycles. The molecule has 0 aromatic heterocycles. The summed E-state index contributed by atoms with van der Waals surface area (Å²) in [4.78, 5) is 43.4. The quantitative estimate of drug-likeness (QED) is 0.606. The van der Waals surface area contributed by atoms with Gasteiger partial charge in [0.05, 0.1) is 16.7 Å². The van der Waals surface area contributed by atoms with Crippen LogP contribution in [0.1, 0.15) is 59.4 Å². The van der Waals surface area contributed by atoms with Crippen LogP contribution in [0.2, 0.25) is 10.0 Å². The molecule has 7 nitrogen and oxygen atoms in total.